The van der Waals surface area contributed by atoms with Crippen molar-refractivity contribution < 1.29 is 9.90 Å². The lowest BCUT2D eigenvalue weighted by atomic mass is 10.3. The zero-order chi connectivity index (χ0) is 12.4. The van der Waals surface area contributed by atoms with E-state index in [0.717, 1.165) is 11.9 Å². The molecule has 1 N–H and O–H groups in total. The van der Waals surface area contributed by atoms with E-state index in [1.54, 1.807) is 15.5 Å². The predicted molar refractivity (Wildman–Crippen MR) is 65.5 cm³/mol. The SMILES string of the molecule is CC(CO)N(C)c1nc2ccccn2c1C=O. The van der Waals surface area contributed by atoms with Crippen LogP contribution in [-0.4, -0.2) is 40.5 Å². The summed E-state index contributed by atoms with van der Waals surface area (Å²) in [4.78, 5) is 17.4. The van der Waals surface area contributed by atoms with Crippen molar-refractivity contribution in [1.29, 1.82) is 0 Å². The number of hydrogen-bond donors (Lipinski definition) is 1. The molecule has 0 amide bonds. The highest BCUT2D eigenvalue weighted by Crippen LogP contribution is 2.20. The van der Waals surface area contributed by atoms with Crippen LogP contribution in [0.5, 0.6) is 0 Å². The van der Waals surface area contributed by atoms with Crippen molar-refractivity contribution in [2.45, 2.75) is 13.0 Å². The van der Waals surface area contributed by atoms with Crippen molar-refractivity contribution in [1.82, 2.24) is 9.38 Å². The maximum absolute atomic E-state index is 11.2. The molecule has 5 heteroatoms. The van der Waals surface area contributed by atoms with Gasteiger partial charge in [-0.25, -0.2) is 4.98 Å². The Kier molecular flexibility index (Phi) is 3.10. The summed E-state index contributed by atoms with van der Waals surface area (Å²) in [7, 11) is 1.82. The molecule has 2 aromatic heterocycles. The van der Waals surface area contributed by atoms with Gasteiger partial charge in [-0.05, 0) is 19.1 Å². The highest BCUT2D eigenvalue weighted by molar-refractivity contribution is 5.83. The first-order chi connectivity index (χ1) is 8.19. The minimum atomic E-state index is -0.0846. The molecule has 90 valence electrons. The van der Waals surface area contributed by atoms with E-state index in [1.807, 2.05) is 32.2 Å². The van der Waals surface area contributed by atoms with Crippen LogP contribution in [0.4, 0.5) is 5.82 Å². The number of aromatic nitrogens is 2. The summed E-state index contributed by atoms with van der Waals surface area (Å²) in [6, 6.07) is 5.48. The Labute approximate surface area is 99.3 Å². The van der Waals surface area contributed by atoms with E-state index in [4.69, 9.17) is 5.11 Å². The van der Waals surface area contributed by atoms with Crippen molar-refractivity contribution in [2.75, 3.05) is 18.6 Å². The number of likely N-dealkylation sites (N-methyl/N-ethyl adjacent to an activating group) is 1. The molecule has 2 rings (SSSR count). The van der Waals surface area contributed by atoms with Crippen LogP contribution >= 0.6 is 0 Å². The van der Waals surface area contributed by atoms with Gasteiger partial charge < -0.3 is 10.0 Å². The van der Waals surface area contributed by atoms with Crippen LogP contribution in [0.15, 0.2) is 24.4 Å². The molecule has 0 aliphatic rings. The molecule has 0 aromatic carbocycles. The largest absolute Gasteiger partial charge is 0.394 e. The Bertz CT molecular complexity index is 536. The van der Waals surface area contributed by atoms with Crippen LogP contribution in [0.1, 0.15) is 17.4 Å². The van der Waals surface area contributed by atoms with Gasteiger partial charge in [0.05, 0.1) is 12.6 Å². The maximum atomic E-state index is 11.2. The highest BCUT2D eigenvalue weighted by atomic mass is 16.3. The van der Waals surface area contributed by atoms with E-state index in [-0.39, 0.29) is 12.6 Å². The van der Waals surface area contributed by atoms with Crippen molar-refractivity contribution in [3.05, 3.63) is 30.1 Å². The number of carbonyl (C=O) groups is 1. The second-order valence-electron chi connectivity index (χ2n) is 4.01. The van der Waals surface area contributed by atoms with E-state index in [2.05, 4.69) is 4.98 Å². The van der Waals surface area contributed by atoms with Gasteiger partial charge in [0, 0.05) is 13.2 Å². The van der Waals surface area contributed by atoms with Gasteiger partial charge in [0.1, 0.15) is 11.3 Å². The zero-order valence-electron chi connectivity index (χ0n) is 9.87. The Hall–Kier alpha value is -1.88. The third-order valence-corrected chi connectivity index (χ3v) is 2.92. The van der Waals surface area contributed by atoms with Gasteiger partial charge >= 0.3 is 0 Å². The van der Waals surface area contributed by atoms with Gasteiger partial charge in [0.25, 0.3) is 0 Å². The normalized spacial score (nSPS) is 12.6. The molecule has 0 saturated heterocycles. The number of fused-ring (bicyclic) bond motifs is 1. The fourth-order valence-corrected chi connectivity index (χ4v) is 1.70. The van der Waals surface area contributed by atoms with Crippen LogP contribution < -0.4 is 4.90 Å². The number of imidazole rings is 1. The fraction of sp³-hybridized carbons (Fsp3) is 0.333. The van der Waals surface area contributed by atoms with Crippen molar-refractivity contribution in [2.24, 2.45) is 0 Å². The summed E-state index contributed by atoms with van der Waals surface area (Å²) in [5.41, 5.74) is 1.23. The molecule has 0 bridgehead atoms. The molecule has 17 heavy (non-hydrogen) atoms. The molecule has 0 fully saturated rings. The first-order valence-electron chi connectivity index (χ1n) is 5.45. The number of aliphatic hydroxyl groups excluding tert-OH is 1. The van der Waals surface area contributed by atoms with E-state index >= 15 is 0 Å². The average Bonchev–Trinajstić information content (AvgIpc) is 2.75. The summed E-state index contributed by atoms with van der Waals surface area (Å²) < 4.78 is 1.74. The quantitative estimate of drug-likeness (QED) is 0.799. The van der Waals surface area contributed by atoms with Crippen LogP contribution in [0.2, 0.25) is 0 Å². The standard InChI is InChI=1S/C12H15N3O2/c1-9(7-16)14(2)12-10(8-17)15-6-4-3-5-11(15)13-12/h3-6,8-9,16H,7H2,1-2H3. The molecular formula is C12H15N3O2. The van der Waals surface area contributed by atoms with Crippen LogP contribution in [-0.2, 0) is 0 Å². The fourth-order valence-electron chi connectivity index (χ4n) is 1.70. The second kappa shape index (κ2) is 4.55. The first kappa shape index (κ1) is 11.6. The van der Waals surface area contributed by atoms with Crippen molar-refractivity contribution >= 4 is 17.8 Å². The van der Waals surface area contributed by atoms with Crippen molar-refractivity contribution in [3.63, 3.8) is 0 Å². The van der Waals surface area contributed by atoms with Gasteiger partial charge in [-0.3, -0.25) is 9.20 Å². The molecule has 2 heterocycles. The first-order valence-corrected chi connectivity index (χ1v) is 5.45. The average molecular weight is 233 g/mol. The monoisotopic (exact) mass is 233 g/mol. The number of aliphatic hydroxyl groups is 1. The summed E-state index contributed by atoms with van der Waals surface area (Å²) in [5.74, 6) is 0.591. The molecule has 0 radical (unpaired) electrons. The van der Waals surface area contributed by atoms with Crippen molar-refractivity contribution in [3.8, 4) is 0 Å². The second-order valence-corrected chi connectivity index (χ2v) is 4.01. The van der Waals surface area contributed by atoms with Gasteiger partial charge in [0.15, 0.2) is 12.1 Å². The number of nitrogens with zero attached hydrogens (tertiary/aromatic N) is 3. The Morgan fingerprint density at radius 1 is 1.59 bits per heavy atom. The summed E-state index contributed by atoms with van der Waals surface area (Å²) in [6.07, 6.45) is 2.59. The molecule has 0 aliphatic heterocycles. The summed E-state index contributed by atoms with van der Waals surface area (Å²) >= 11 is 0. The zero-order valence-corrected chi connectivity index (χ0v) is 9.87. The molecule has 0 spiro atoms. The number of carbonyl (C=O) groups excluding carboxylic acids is 1. The molecule has 5 nitrogen and oxygen atoms in total. The molecule has 1 unspecified atom stereocenters. The van der Waals surface area contributed by atoms with Gasteiger partial charge in [-0.1, -0.05) is 6.07 Å². The summed E-state index contributed by atoms with van der Waals surface area (Å²) in [5, 5.41) is 9.14. The number of pyridine rings is 1. The van der Waals surface area contributed by atoms with Crippen LogP contribution in [0.25, 0.3) is 5.65 Å². The lowest BCUT2D eigenvalue weighted by Gasteiger charge is -2.23. The third kappa shape index (κ3) is 1.89. The van der Waals surface area contributed by atoms with Crippen LogP contribution in [0, 0.1) is 0 Å². The minimum absolute atomic E-state index is 0.0165. The Morgan fingerprint density at radius 3 is 3.00 bits per heavy atom. The predicted octanol–water partition coefficient (Wildman–Crippen LogP) is 0.964. The van der Waals surface area contributed by atoms with Crippen LogP contribution in [0.3, 0.4) is 0 Å². The molecule has 1 atom stereocenters. The van der Waals surface area contributed by atoms with E-state index in [0.29, 0.717) is 11.5 Å². The van der Waals surface area contributed by atoms with E-state index in [1.165, 1.54) is 0 Å². The molecule has 0 aliphatic carbocycles. The maximum Gasteiger partial charge on any atom is 0.170 e. The van der Waals surface area contributed by atoms with Gasteiger partial charge in [0.2, 0.25) is 0 Å². The van der Waals surface area contributed by atoms with E-state index < -0.39 is 0 Å². The Balaban J connectivity index is 2.57. The Morgan fingerprint density at radius 2 is 2.35 bits per heavy atom. The minimum Gasteiger partial charge on any atom is -0.394 e. The summed E-state index contributed by atoms with van der Waals surface area (Å²) in [6.45, 7) is 1.89. The number of anilines is 1. The van der Waals surface area contributed by atoms with Gasteiger partial charge in [-0.2, -0.15) is 0 Å². The smallest absolute Gasteiger partial charge is 0.170 e. The van der Waals surface area contributed by atoms with Gasteiger partial charge in [-0.15, -0.1) is 0 Å². The van der Waals surface area contributed by atoms with E-state index in [9.17, 15) is 4.79 Å². The molecule has 0 saturated carbocycles. The topological polar surface area (TPSA) is 57.8 Å². The molecule has 2 aromatic rings. The molecular weight excluding hydrogens is 218 g/mol. The lowest BCUT2D eigenvalue weighted by molar-refractivity contribution is 0.111. The number of rotatable bonds is 4. The lowest BCUT2D eigenvalue weighted by Crippen LogP contribution is -2.32. The number of aldehydes is 1. The highest BCUT2D eigenvalue weighted by Gasteiger charge is 2.18. The third-order valence-electron chi connectivity index (χ3n) is 2.92. The number of hydrogen-bond acceptors (Lipinski definition) is 4.